The van der Waals surface area contributed by atoms with Gasteiger partial charge in [0.1, 0.15) is 0 Å². The molecule has 1 aliphatic heterocycles. The van der Waals surface area contributed by atoms with Crippen molar-refractivity contribution in [2.24, 2.45) is 5.92 Å². The number of nitrogens with zero attached hydrogens (tertiary/aromatic N) is 2. The van der Waals surface area contributed by atoms with Gasteiger partial charge in [0.15, 0.2) is 0 Å². The molecular weight excluding hydrogens is 290 g/mol. The summed E-state index contributed by atoms with van der Waals surface area (Å²) in [6.07, 6.45) is 8.60. The summed E-state index contributed by atoms with van der Waals surface area (Å²) >= 11 is 0. The molecule has 1 saturated carbocycles. The van der Waals surface area contributed by atoms with Gasteiger partial charge in [-0.05, 0) is 39.9 Å². The van der Waals surface area contributed by atoms with Crippen molar-refractivity contribution in [3.63, 3.8) is 0 Å². The molecule has 2 fully saturated rings. The van der Waals surface area contributed by atoms with Gasteiger partial charge in [0.25, 0.3) is 0 Å². The predicted octanol–water partition coefficient (Wildman–Crippen LogP) is 1.73. The molecule has 1 amide bonds. The van der Waals surface area contributed by atoms with E-state index in [2.05, 4.69) is 29.2 Å². The van der Waals surface area contributed by atoms with Gasteiger partial charge in [-0.25, -0.2) is 0 Å². The summed E-state index contributed by atoms with van der Waals surface area (Å²) in [5.74, 6) is 0.396. The molecule has 0 aromatic carbocycles. The van der Waals surface area contributed by atoms with Gasteiger partial charge in [-0.3, -0.25) is 4.79 Å². The Hall–Kier alpha value is -0.650. The lowest BCUT2D eigenvalue weighted by Gasteiger charge is -2.40. The van der Waals surface area contributed by atoms with Crippen LogP contribution in [0.4, 0.5) is 0 Å². The van der Waals surface area contributed by atoms with Crippen molar-refractivity contribution in [3.8, 4) is 0 Å². The number of methoxy groups -OCH3 is 1. The maximum atomic E-state index is 12.6. The molecule has 2 aliphatic rings. The van der Waals surface area contributed by atoms with E-state index in [0.29, 0.717) is 0 Å². The van der Waals surface area contributed by atoms with Crippen LogP contribution < -0.4 is 5.32 Å². The van der Waals surface area contributed by atoms with E-state index >= 15 is 0 Å². The van der Waals surface area contributed by atoms with Gasteiger partial charge >= 0.3 is 0 Å². The van der Waals surface area contributed by atoms with Crippen LogP contribution in [-0.2, 0) is 9.53 Å². The molecule has 1 atom stereocenters. The summed E-state index contributed by atoms with van der Waals surface area (Å²) in [6.45, 7) is 4.37. The number of hydrogen-bond acceptors (Lipinski definition) is 4. The van der Waals surface area contributed by atoms with Gasteiger partial charge in [-0.1, -0.05) is 25.7 Å². The minimum Gasteiger partial charge on any atom is -0.383 e. The van der Waals surface area contributed by atoms with Crippen LogP contribution in [0.1, 0.15) is 44.9 Å². The molecule has 0 bridgehead atoms. The maximum Gasteiger partial charge on any atom is 0.224 e. The van der Waals surface area contributed by atoms with E-state index in [4.69, 9.17) is 4.74 Å². The zero-order valence-electron chi connectivity index (χ0n) is 15.3. The number of ether oxygens (including phenoxy) is 1. The normalized spacial score (nSPS) is 25.5. The largest absolute Gasteiger partial charge is 0.383 e. The third-order valence-corrected chi connectivity index (χ3v) is 5.83. The Kier molecular flexibility index (Phi) is 7.31. The molecule has 1 unspecified atom stereocenters. The minimum atomic E-state index is 0.150. The van der Waals surface area contributed by atoms with Crippen molar-refractivity contribution in [3.05, 3.63) is 0 Å². The van der Waals surface area contributed by atoms with Gasteiger partial charge in [0.05, 0.1) is 12.5 Å². The molecule has 2 rings (SSSR count). The zero-order chi connectivity index (χ0) is 16.7. The second-order valence-electron chi connectivity index (χ2n) is 7.53. The predicted molar refractivity (Wildman–Crippen MR) is 93.6 cm³/mol. The van der Waals surface area contributed by atoms with Crippen molar-refractivity contribution in [2.75, 3.05) is 54.0 Å². The number of nitrogens with one attached hydrogen (secondary N) is 1. The molecule has 5 nitrogen and oxygen atoms in total. The molecule has 1 aliphatic carbocycles. The average Bonchev–Trinajstić information content (AvgIpc) is 2.88. The molecule has 0 aromatic rings. The van der Waals surface area contributed by atoms with Gasteiger partial charge < -0.3 is 19.9 Å². The summed E-state index contributed by atoms with van der Waals surface area (Å²) < 4.78 is 5.13. The molecule has 134 valence electrons. The number of rotatable bonds is 7. The van der Waals surface area contributed by atoms with E-state index in [0.717, 1.165) is 39.2 Å². The van der Waals surface area contributed by atoms with Gasteiger partial charge in [-0.2, -0.15) is 0 Å². The number of carbonyl (C=O) groups excluding carboxylic acids is 1. The van der Waals surface area contributed by atoms with Gasteiger partial charge in [0.2, 0.25) is 5.91 Å². The Bertz CT molecular complexity index is 365. The number of hydrogen-bond donors (Lipinski definition) is 1. The highest BCUT2D eigenvalue weighted by atomic mass is 16.5. The van der Waals surface area contributed by atoms with Crippen LogP contribution in [-0.4, -0.2) is 75.2 Å². The van der Waals surface area contributed by atoms with E-state index in [-0.39, 0.29) is 17.4 Å². The number of likely N-dealkylation sites (tertiary alicyclic amines) is 1. The van der Waals surface area contributed by atoms with E-state index in [9.17, 15) is 4.79 Å². The highest BCUT2D eigenvalue weighted by Crippen LogP contribution is 2.30. The third-order valence-electron chi connectivity index (χ3n) is 5.83. The highest BCUT2D eigenvalue weighted by molar-refractivity contribution is 5.79. The molecule has 5 heteroatoms. The van der Waals surface area contributed by atoms with E-state index < -0.39 is 0 Å². The molecule has 0 radical (unpaired) electrons. The molecule has 23 heavy (non-hydrogen) atoms. The van der Waals surface area contributed by atoms with E-state index in [1.54, 1.807) is 7.11 Å². The fraction of sp³-hybridized carbons (Fsp3) is 0.944. The molecule has 0 aromatic heterocycles. The SMILES string of the molecule is COCCN1CCC(C(=O)NCC2(N(C)C)CCCCCC2)C1. The van der Waals surface area contributed by atoms with Crippen molar-refractivity contribution in [2.45, 2.75) is 50.5 Å². The fourth-order valence-corrected chi connectivity index (χ4v) is 4.03. The van der Waals surface area contributed by atoms with Crippen LogP contribution in [0.25, 0.3) is 0 Å². The Morgan fingerprint density at radius 3 is 2.57 bits per heavy atom. The Morgan fingerprint density at radius 2 is 1.96 bits per heavy atom. The zero-order valence-corrected chi connectivity index (χ0v) is 15.3. The van der Waals surface area contributed by atoms with Gasteiger partial charge in [-0.15, -0.1) is 0 Å². The van der Waals surface area contributed by atoms with Gasteiger partial charge in [0, 0.05) is 32.3 Å². The second kappa shape index (κ2) is 9.00. The van der Waals surface area contributed by atoms with Crippen LogP contribution in [0.5, 0.6) is 0 Å². The standard InChI is InChI=1S/C18H35N3O2/c1-20(2)18(9-6-4-5-7-10-18)15-19-17(22)16-8-11-21(14-16)12-13-23-3/h16H,4-15H2,1-3H3,(H,19,22). The van der Waals surface area contributed by atoms with Crippen molar-refractivity contribution >= 4 is 5.91 Å². The quantitative estimate of drug-likeness (QED) is 0.724. The van der Waals surface area contributed by atoms with E-state index in [1.165, 1.54) is 38.5 Å². The molecule has 1 N–H and O–H groups in total. The highest BCUT2D eigenvalue weighted by Gasteiger charge is 2.35. The first kappa shape index (κ1) is 18.7. The van der Waals surface area contributed by atoms with Crippen molar-refractivity contribution < 1.29 is 9.53 Å². The summed E-state index contributed by atoms with van der Waals surface area (Å²) in [5, 5.41) is 3.28. The average molecular weight is 325 g/mol. The number of amides is 1. The first-order chi connectivity index (χ1) is 11.1. The van der Waals surface area contributed by atoms with E-state index in [1.807, 2.05) is 0 Å². The number of likely N-dealkylation sites (N-methyl/N-ethyl adjacent to an activating group) is 1. The van der Waals surface area contributed by atoms with Crippen LogP contribution in [0.2, 0.25) is 0 Å². The first-order valence-corrected chi connectivity index (χ1v) is 9.24. The lowest BCUT2D eigenvalue weighted by atomic mass is 9.88. The summed E-state index contributed by atoms with van der Waals surface area (Å²) in [6, 6.07) is 0. The topological polar surface area (TPSA) is 44.8 Å². The maximum absolute atomic E-state index is 12.6. The summed E-state index contributed by atoms with van der Waals surface area (Å²) in [7, 11) is 6.06. The minimum absolute atomic E-state index is 0.150. The first-order valence-electron chi connectivity index (χ1n) is 9.24. The fourth-order valence-electron chi connectivity index (χ4n) is 4.03. The third kappa shape index (κ3) is 5.16. The van der Waals surface area contributed by atoms with Crippen molar-refractivity contribution in [1.82, 2.24) is 15.1 Å². The Labute approximate surface area is 141 Å². The smallest absolute Gasteiger partial charge is 0.224 e. The van der Waals surface area contributed by atoms with Crippen LogP contribution in [0.15, 0.2) is 0 Å². The van der Waals surface area contributed by atoms with Crippen LogP contribution in [0, 0.1) is 5.92 Å². The summed E-state index contributed by atoms with van der Waals surface area (Å²) in [4.78, 5) is 17.3. The molecule has 1 heterocycles. The monoisotopic (exact) mass is 325 g/mol. The lowest BCUT2D eigenvalue weighted by Crippen LogP contribution is -2.53. The van der Waals surface area contributed by atoms with Crippen LogP contribution in [0.3, 0.4) is 0 Å². The van der Waals surface area contributed by atoms with Crippen molar-refractivity contribution in [1.29, 1.82) is 0 Å². The molecule has 1 saturated heterocycles. The Morgan fingerprint density at radius 1 is 1.26 bits per heavy atom. The lowest BCUT2D eigenvalue weighted by molar-refractivity contribution is -0.125. The van der Waals surface area contributed by atoms with Crippen LogP contribution >= 0.6 is 0 Å². The molecular formula is C18H35N3O2. The molecule has 0 spiro atoms. The number of carbonyl (C=O) groups is 1. The Balaban J connectivity index is 1.82. The summed E-state index contributed by atoms with van der Waals surface area (Å²) in [5.41, 5.74) is 0.153. The second-order valence-corrected chi connectivity index (χ2v) is 7.53.